The van der Waals surface area contributed by atoms with E-state index in [1.807, 2.05) is 0 Å². The predicted molar refractivity (Wildman–Crippen MR) is 71.3 cm³/mol. The number of aliphatic carboxylic acids is 1. The maximum absolute atomic E-state index is 11.6. The molecule has 0 aliphatic rings. The van der Waals surface area contributed by atoms with Crippen molar-refractivity contribution in [1.82, 2.24) is 5.32 Å². The van der Waals surface area contributed by atoms with Crippen LogP contribution in [-0.2, 0) is 19.1 Å². The number of ether oxygens (including phenoxy) is 2. The Balaban J connectivity index is 4.39. The number of esters is 1. The van der Waals surface area contributed by atoms with Crippen LogP contribution in [0.1, 0.15) is 46.5 Å². The number of methoxy groups -OCH3 is 1. The van der Waals surface area contributed by atoms with E-state index < -0.39 is 29.7 Å². The van der Waals surface area contributed by atoms with Gasteiger partial charge >= 0.3 is 18.0 Å². The minimum absolute atomic E-state index is 0.0956. The van der Waals surface area contributed by atoms with Crippen molar-refractivity contribution >= 4 is 18.0 Å². The van der Waals surface area contributed by atoms with E-state index in [4.69, 9.17) is 9.84 Å². The van der Waals surface area contributed by atoms with Gasteiger partial charge in [0, 0.05) is 18.9 Å². The van der Waals surface area contributed by atoms with Crippen LogP contribution in [0.5, 0.6) is 0 Å². The van der Waals surface area contributed by atoms with E-state index in [2.05, 4.69) is 10.1 Å². The maximum Gasteiger partial charge on any atom is 0.407 e. The molecule has 0 radical (unpaired) electrons. The summed E-state index contributed by atoms with van der Waals surface area (Å²) < 4.78 is 9.61. The van der Waals surface area contributed by atoms with Crippen molar-refractivity contribution in [2.24, 2.45) is 0 Å². The van der Waals surface area contributed by atoms with E-state index in [-0.39, 0.29) is 19.3 Å². The first-order chi connectivity index (χ1) is 9.14. The van der Waals surface area contributed by atoms with E-state index >= 15 is 0 Å². The van der Waals surface area contributed by atoms with E-state index in [9.17, 15) is 14.4 Å². The lowest BCUT2D eigenvalue weighted by atomic mass is 10.1. The summed E-state index contributed by atoms with van der Waals surface area (Å²) in [5.74, 6) is -1.37. The molecule has 0 fully saturated rings. The first kappa shape index (κ1) is 18.2. The van der Waals surface area contributed by atoms with Crippen molar-refractivity contribution in [2.75, 3.05) is 7.11 Å². The highest BCUT2D eigenvalue weighted by molar-refractivity contribution is 5.70. The molecular weight excluding hydrogens is 266 g/mol. The van der Waals surface area contributed by atoms with Crippen LogP contribution < -0.4 is 5.32 Å². The Morgan fingerprint density at radius 3 is 2.15 bits per heavy atom. The molecule has 1 unspecified atom stereocenters. The number of alkyl carbamates (subject to hydrolysis) is 1. The first-order valence-corrected chi connectivity index (χ1v) is 6.42. The first-order valence-electron chi connectivity index (χ1n) is 6.42. The lowest BCUT2D eigenvalue weighted by molar-refractivity contribution is -0.140. The molecule has 0 aliphatic carbocycles. The summed E-state index contributed by atoms with van der Waals surface area (Å²) in [4.78, 5) is 33.3. The van der Waals surface area contributed by atoms with Crippen LogP contribution in [0.2, 0.25) is 0 Å². The molecule has 0 aromatic carbocycles. The van der Waals surface area contributed by atoms with Gasteiger partial charge in [0.2, 0.25) is 0 Å². The summed E-state index contributed by atoms with van der Waals surface area (Å²) in [7, 11) is 1.27. The summed E-state index contributed by atoms with van der Waals surface area (Å²) in [5.41, 5.74) is -0.635. The Kier molecular flexibility index (Phi) is 7.64. The minimum Gasteiger partial charge on any atom is -0.481 e. The maximum atomic E-state index is 11.6. The number of carbonyl (C=O) groups is 3. The van der Waals surface area contributed by atoms with Gasteiger partial charge in [0.25, 0.3) is 0 Å². The van der Waals surface area contributed by atoms with Gasteiger partial charge in [0.15, 0.2) is 0 Å². The van der Waals surface area contributed by atoms with Gasteiger partial charge < -0.3 is 19.9 Å². The van der Waals surface area contributed by atoms with Gasteiger partial charge in [-0.15, -0.1) is 0 Å². The third-order valence-corrected chi connectivity index (χ3v) is 2.35. The second-order valence-corrected chi connectivity index (χ2v) is 5.39. The summed E-state index contributed by atoms with van der Waals surface area (Å²) in [6, 6.07) is -0.444. The second kappa shape index (κ2) is 8.39. The molecule has 1 amide bonds. The molecule has 0 aromatic heterocycles. The van der Waals surface area contributed by atoms with Gasteiger partial charge in [0.05, 0.1) is 7.11 Å². The molecule has 1 atom stereocenters. The van der Waals surface area contributed by atoms with Gasteiger partial charge in [0.1, 0.15) is 5.60 Å². The number of nitrogens with one attached hydrogen (secondary N) is 1. The van der Waals surface area contributed by atoms with Crippen LogP contribution >= 0.6 is 0 Å². The Morgan fingerprint density at radius 2 is 1.70 bits per heavy atom. The molecule has 0 aliphatic heterocycles. The SMILES string of the molecule is COC(=O)CCC(CCC(=O)O)NC(=O)OC(C)(C)C. The third-order valence-electron chi connectivity index (χ3n) is 2.35. The fourth-order valence-corrected chi connectivity index (χ4v) is 1.45. The quantitative estimate of drug-likeness (QED) is 0.692. The molecule has 0 bridgehead atoms. The number of amides is 1. The number of hydrogen-bond donors (Lipinski definition) is 2. The minimum atomic E-state index is -0.959. The number of carboxylic acids is 1. The van der Waals surface area contributed by atoms with Crippen LogP contribution in [0.25, 0.3) is 0 Å². The molecule has 0 heterocycles. The zero-order chi connectivity index (χ0) is 15.8. The molecule has 0 spiro atoms. The van der Waals surface area contributed by atoms with E-state index in [0.29, 0.717) is 6.42 Å². The summed E-state index contributed by atoms with van der Waals surface area (Å²) in [6.45, 7) is 5.19. The highest BCUT2D eigenvalue weighted by Gasteiger charge is 2.20. The zero-order valence-corrected chi connectivity index (χ0v) is 12.4. The number of carboxylic acid groups (broad SMARTS) is 1. The molecule has 0 rings (SSSR count). The average Bonchev–Trinajstić information content (AvgIpc) is 2.29. The molecule has 20 heavy (non-hydrogen) atoms. The summed E-state index contributed by atoms with van der Waals surface area (Å²) >= 11 is 0. The Labute approximate surface area is 118 Å². The predicted octanol–water partition coefficient (Wildman–Crippen LogP) is 1.70. The molecule has 7 nitrogen and oxygen atoms in total. The highest BCUT2D eigenvalue weighted by Crippen LogP contribution is 2.10. The lowest BCUT2D eigenvalue weighted by Gasteiger charge is -2.23. The van der Waals surface area contributed by atoms with Gasteiger partial charge in [-0.05, 0) is 33.6 Å². The van der Waals surface area contributed by atoms with Crippen LogP contribution in [-0.4, -0.2) is 41.9 Å². The molecule has 0 saturated heterocycles. The summed E-state index contributed by atoms with van der Waals surface area (Å²) in [6.07, 6.45) is -0.0824. The van der Waals surface area contributed by atoms with E-state index in [1.165, 1.54) is 7.11 Å². The largest absolute Gasteiger partial charge is 0.481 e. The van der Waals surface area contributed by atoms with Crippen LogP contribution in [0.15, 0.2) is 0 Å². The van der Waals surface area contributed by atoms with E-state index in [0.717, 1.165) is 0 Å². The van der Waals surface area contributed by atoms with Crippen LogP contribution in [0.4, 0.5) is 4.79 Å². The normalized spacial score (nSPS) is 12.4. The number of rotatable bonds is 7. The average molecular weight is 289 g/mol. The fourth-order valence-electron chi connectivity index (χ4n) is 1.45. The number of hydrogen-bond acceptors (Lipinski definition) is 5. The van der Waals surface area contributed by atoms with Gasteiger partial charge in [-0.2, -0.15) is 0 Å². The summed E-state index contributed by atoms with van der Waals surface area (Å²) in [5, 5.41) is 11.2. The number of carbonyl (C=O) groups excluding carboxylic acids is 2. The molecule has 7 heteroatoms. The van der Waals surface area contributed by atoms with Crippen molar-refractivity contribution in [3.63, 3.8) is 0 Å². The van der Waals surface area contributed by atoms with Crippen molar-refractivity contribution < 1.29 is 29.0 Å². The fraction of sp³-hybridized carbons (Fsp3) is 0.769. The lowest BCUT2D eigenvalue weighted by Crippen LogP contribution is -2.39. The van der Waals surface area contributed by atoms with Crippen molar-refractivity contribution in [1.29, 1.82) is 0 Å². The van der Waals surface area contributed by atoms with Crippen molar-refractivity contribution in [2.45, 2.75) is 58.1 Å². The van der Waals surface area contributed by atoms with E-state index in [1.54, 1.807) is 20.8 Å². The van der Waals surface area contributed by atoms with Gasteiger partial charge in [-0.1, -0.05) is 0 Å². The standard InChI is InChI=1S/C13H23NO6/c1-13(2,3)20-12(18)14-9(5-7-10(15)16)6-8-11(17)19-4/h9H,5-8H2,1-4H3,(H,14,18)(H,15,16). The zero-order valence-electron chi connectivity index (χ0n) is 12.4. The molecule has 0 aromatic rings. The third kappa shape index (κ3) is 10.2. The van der Waals surface area contributed by atoms with Crippen molar-refractivity contribution in [3.8, 4) is 0 Å². The van der Waals surface area contributed by atoms with Crippen LogP contribution in [0.3, 0.4) is 0 Å². The van der Waals surface area contributed by atoms with Gasteiger partial charge in [-0.3, -0.25) is 9.59 Å². The molecule has 116 valence electrons. The van der Waals surface area contributed by atoms with Crippen molar-refractivity contribution in [3.05, 3.63) is 0 Å². The Bertz CT molecular complexity index is 347. The Morgan fingerprint density at radius 1 is 1.15 bits per heavy atom. The van der Waals surface area contributed by atoms with Gasteiger partial charge in [-0.25, -0.2) is 4.79 Å². The topological polar surface area (TPSA) is 102 Å². The van der Waals surface area contributed by atoms with Crippen LogP contribution in [0, 0.1) is 0 Å². The molecule has 0 saturated carbocycles. The second-order valence-electron chi connectivity index (χ2n) is 5.39. The Hall–Kier alpha value is -1.79. The molecular formula is C13H23NO6. The highest BCUT2D eigenvalue weighted by atomic mass is 16.6. The monoisotopic (exact) mass is 289 g/mol. The smallest absolute Gasteiger partial charge is 0.407 e. The molecule has 2 N–H and O–H groups in total.